The molecule has 0 radical (unpaired) electrons. The quantitative estimate of drug-likeness (QED) is 0.876. The molecule has 1 heterocycles. The van der Waals surface area contributed by atoms with Gasteiger partial charge in [-0.2, -0.15) is 0 Å². The van der Waals surface area contributed by atoms with Crippen LogP contribution in [0, 0.1) is 5.82 Å². The van der Waals surface area contributed by atoms with Gasteiger partial charge in [0.1, 0.15) is 5.82 Å². The van der Waals surface area contributed by atoms with Crippen molar-refractivity contribution in [3.63, 3.8) is 0 Å². The molecular weight excluding hydrogens is 263 g/mol. The van der Waals surface area contributed by atoms with E-state index in [0.717, 1.165) is 12.0 Å². The summed E-state index contributed by atoms with van der Waals surface area (Å²) in [6, 6.07) is 7.39. The van der Waals surface area contributed by atoms with Crippen molar-refractivity contribution >= 4 is 11.6 Å². The Kier molecular flexibility index (Phi) is 4.61. The van der Waals surface area contributed by atoms with Gasteiger partial charge < -0.3 is 9.88 Å². The number of hydrogen-bond acceptors (Lipinski definition) is 1. The summed E-state index contributed by atoms with van der Waals surface area (Å²) >= 11 is 5.68. The number of benzene rings is 1. The zero-order valence-electron chi connectivity index (χ0n) is 11.2. The van der Waals surface area contributed by atoms with E-state index < -0.39 is 0 Å². The monoisotopic (exact) mass is 280 g/mol. The maximum atomic E-state index is 13.4. The highest BCUT2D eigenvalue weighted by atomic mass is 35.5. The summed E-state index contributed by atoms with van der Waals surface area (Å²) in [5.74, 6) is -0.367. The van der Waals surface area contributed by atoms with Crippen LogP contribution in [0.4, 0.5) is 4.39 Å². The van der Waals surface area contributed by atoms with Crippen molar-refractivity contribution in [1.29, 1.82) is 0 Å². The van der Waals surface area contributed by atoms with Gasteiger partial charge in [-0.15, -0.1) is 0 Å². The van der Waals surface area contributed by atoms with Crippen LogP contribution in [0.25, 0.3) is 0 Å². The van der Waals surface area contributed by atoms with Crippen LogP contribution in [0.1, 0.15) is 30.5 Å². The molecule has 4 heteroatoms. The van der Waals surface area contributed by atoms with Gasteiger partial charge in [-0.05, 0) is 42.8 Å². The minimum atomic E-state index is -0.367. The second kappa shape index (κ2) is 6.22. The molecule has 102 valence electrons. The molecule has 0 bridgehead atoms. The summed E-state index contributed by atoms with van der Waals surface area (Å²) in [6.45, 7) is 2.79. The van der Waals surface area contributed by atoms with Gasteiger partial charge in [0.15, 0.2) is 0 Å². The second-order valence-electron chi connectivity index (χ2n) is 4.62. The molecule has 0 spiro atoms. The van der Waals surface area contributed by atoms with E-state index >= 15 is 0 Å². The van der Waals surface area contributed by atoms with Crippen molar-refractivity contribution in [2.75, 3.05) is 7.05 Å². The van der Waals surface area contributed by atoms with Gasteiger partial charge in [0.25, 0.3) is 0 Å². The van der Waals surface area contributed by atoms with Gasteiger partial charge in [-0.1, -0.05) is 24.6 Å². The Bertz CT molecular complexity index is 547. The molecule has 0 aliphatic rings. The molecule has 1 unspecified atom stereocenters. The number of aromatic nitrogens is 1. The van der Waals surface area contributed by atoms with Crippen LogP contribution >= 0.6 is 11.6 Å². The van der Waals surface area contributed by atoms with Crippen molar-refractivity contribution in [3.8, 4) is 0 Å². The first-order valence-corrected chi connectivity index (χ1v) is 6.78. The Morgan fingerprint density at radius 1 is 1.37 bits per heavy atom. The average Bonchev–Trinajstić information content (AvgIpc) is 2.84. The van der Waals surface area contributed by atoms with Crippen molar-refractivity contribution in [2.24, 2.45) is 0 Å². The lowest BCUT2D eigenvalue weighted by Crippen LogP contribution is -2.14. The fourth-order valence-corrected chi connectivity index (χ4v) is 2.34. The highest BCUT2D eigenvalue weighted by Gasteiger charge is 2.08. The zero-order valence-corrected chi connectivity index (χ0v) is 11.9. The molecular formula is C15H18ClFN2. The normalized spacial score (nSPS) is 12.6. The number of nitrogens with zero attached hydrogens (tertiary/aromatic N) is 1. The third kappa shape index (κ3) is 3.37. The van der Waals surface area contributed by atoms with E-state index in [-0.39, 0.29) is 10.8 Å². The summed E-state index contributed by atoms with van der Waals surface area (Å²) in [7, 11) is 1.96. The van der Waals surface area contributed by atoms with Crippen molar-refractivity contribution in [2.45, 2.75) is 25.9 Å². The fraction of sp³-hybridized carbons (Fsp3) is 0.333. The second-order valence-corrected chi connectivity index (χ2v) is 5.02. The van der Waals surface area contributed by atoms with Gasteiger partial charge in [0.2, 0.25) is 0 Å². The molecule has 0 aliphatic carbocycles. The summed E-state index contributed by atoms with van der Waals surface area (Å²) in [4.78, 5) is 0. The predicted molar refractivity (Wildman–Crippen MR) is 77.0 cm³/mol. The maximum absolute atomic E-state index is 13.4. The van der Waals surface area contributed by atoms with E-state index in [4.69, 9.17) is 11.6 Å². The molecule has 2 aromatic rings. The third-order valence-corrected chi connectivity index (χ3v) is 3.59. The molecule has 0 saturated heterocycles. The van der Waals surface area contributed by atoms with Crippen molar-refractivity contribution < 1.29 is 4.39 Å². The Balaban J connectivity index is 2.13. The van der Waals surface area contributed by atoms with Gasteiger partial charge in [0, 0.05) is 25.0 Å². The minimum Gasteiger partial charge on any atom is -0.350 e. The highest BCUT2D eigenvalue weighted by Crippen LogP contribution is 2.19. The summed E-state index contributed by atoms with van der Waals surface area (Å²) in [5.41, 5.74) is 2.15. The molecule has 0 saturated carbocycles. The lowest BCUT2D eigenvalue weighted by molar-refractivity contribution is 0.575. The summed E-state index contributed by atoms with van der Waals surface area (Å²) in [6.07, 6.45) is 5.15. The zero-order chi connectivity index (χ0) is 13.8. The molecule has 2 nitrogen and oxygen atoms in total. The van der Waals surface area contributed by atoms with Crippen LogP contribution in [-0.4, -0.2) is 11.6 Å². The first kappa shape index (κ1) is 14.1. The molecule has 0 fully saturated rings. The van der Waals surface area contributed by atoms with E-state index in [1.807, 2.05) is 19.3 Å². The maximum Gasteiger partial charge on any atom is 0.142 e. The van der Waals surface area contributed by atoms with Gasteiger partial charge in [-0.3, -0.25) is 0 Å². The SMILES string of the molecule is CCC(NC)c1ccn(Cc2ccc(Cl)c(F)c2)c1. The van der Waals surface area contributed by atoms with Crippen molar-refractivity contribution in [3.05, 3.63) is 58.6 Å². The van der Waals surface area contributed by atoms with Crippen LogP contribution in [0.3, 0.4) is 0 Å². The number of nitrogens with one attached hydrogen (secondary N) is 1. The first-order chi connectivity index (χ1) is 9.13. The van der Waals surface area contributed by atoms with Crippen LogP contribution < -0.4 is 5.32 Å². The van der Waals surface area contributed by atoms with E-state index in [1.54, 1.807) is 6.07 Å². The molecule has 19 heavy (non-hydrogen) atoms. The Morgan fingerprint density at radius 3 is 2.79 bits per heavy atom. The Morgan fingerprint density at radius 2 is 2.16 bits per heavy atom. The number of halogens is 2. The van der Waals surface area contributed by atoms with Crippen LogP contribution in [0.5, 0.6) is 0 Å². The molecule has 0 aliphatic heterocycles. The molecule has 1 aromatic carbocycles. The fourth-order valence-electron chi connectivity index (χ4n) is 2.22. The Labute approximate surface area is 118 Å². The van der Waals surface area contributed by atoms with E-state index in [9.17, 15) is 4.39 Å². The average molecular weight is 281 g/mol. The van der Waals surface area contributed by atoms with E-state index in [0.29, 0.717) is 12.6 Å². The lowest BCUT2D eigenvalue weighted by atomic mass is 10.1. The predicted octanol–water partition coefficient (Wildman–Crippen LogP) is 4.00. The molecule has 0 amide bonds. The van der Waals surface area contributed by atoms with E-state index in [1.165, 1.54) is 11.6 Å². The number of hydrogen-bond donors (Lipinski definition) is 1. The van der Waals surface area contributed by atoms with Crippen LogP contribution in [0.2, 0.25) is 5.02 Å². The van der Waals surface area contributed by atoms with Crippen LogP contribution in [0.15, 0.2) is 36.7 Å². The standard InChI is InChI=1S/C15H18ClFN2/c1-3-15(18-2)12-6-7-19(10-12)9-11-4-5-13(16)14(17)8-11/h4-8,10,15,18H,3,9H2,1-2H3. The molecule has 1 aromatic heterocycles. The topological polar surface area (TPSA) is 17.0 Å². The van der Waals surface area contributed by atoms with Gasteiger partial charge in [-0.25, -0.2) is 4.39 Å². The van der Waals surface area contributed by atoms with Gasteiger partial charge in [0.05, 0.1) is 5.02 Å². The van der Waals surface area contributed by atoms with E-state index in [2.05, 4.69) is 29.1 Å². The minimum absolute atomic E-state index is 0.165. The third-order valence-electron chi connectivity index (χ3n) is 3.28. The van der Waals surface area contributed by atoms with Gasteiger partial charge >= 0.3 is 0 Å². The molecule has 1 atom stereocenters. The summed E-state index contributed by atoms with van der Waals surface area (Å²) in [5, 5.41) is 3.44. The largest absolute Gasteiger partial charge is 0.350 e. The number of rotatable bonds is 5. The molecule has 1 N–H and O–H groups in total. The summed E-state index contributed by atoms with van der Waals surface area (Å²) < 4.78 is 15.4. The van der Waals surface area contributed by atoms with Crippen molar-refractivity contribution in [1.82, 2.24) is 9.88 Å². The van der Waals surface area contributed by atoms with Crippen LogP contribution in [-0.2, 0) is 6.54 Å². The Hall–Kier alpha value is -1.32. The lowest BCUT2D eigenvalue weighted by Gasteiger charge is -2.11. The molecule has 2 rings (SSSR count). The highest BCUT2D eigenvalue weighted by molar-refractivity contribution is 6.30. The first-order valence-electron chi connectivity index (χ1n) is 6.41. The smallest absolute Gasteiger partial charge is 0.142 e.